The van der Waals surface area contributed by atoms with E-state index < -0.39 is 6.10 Å². The lowest BCUT2D eigenvalue weighted by atomic mass is 10.1. The first kappa shape index (κ1) is 12.7. The first-order valence-electron chi connectivity index (χ1n) is 6.04. The minimum absolute atomic E-state index is 0.467. The summed E-state index contributed by atoms with van der Waals surface area (Å²) in [5.74, 6) is 0.941. The largest absolute Gasteiger partial charge is 0.387 e. The van der Waals surface area contributed by atoms with E-state index in [4.69, 9.17) is 0 Å². The lowest BCUT2D eigenvalue weighted by Crippen LogP contribution is -2.24. The van der Waals surface area contributed by atoms with Crippen LogP contribution in [-0.4, -0.2) is 33.0 Å². The van der Waals surface area contributed by atoms with Crippen LogP contribution in [0.25, 0.3) is 0 Å². The van der Waals surface area contributed by atoms with Crippen LogP contribution < -0.4 is 5.32 Å². The van der Waals surface area contributed by atoms with Crippen molar-refractivity contribution >= 4 is 0 Å². The van der Waals surface area contributed by atoms with Crippen LogP contribution in [0.2, 0.25) is 0 Å². The maximum atomic E-state index is 9.94. The molecule has 5 nitrogen and oxygen atoms in total. The molecule has 0 spiro atoms. The highest BCUT2D eigenvalue weighted by Gasteiger charge is 2.06. The van der Waals surface area contributed by atoms with Gasteiger partial charge >= 0.3 is 0 Å². The Morgan fingerprint density at radius 1 is 1.33 bits per heavy atom. The Kier molecular flexibility index (Phi) is 4.44. The first-order chi connectivity index (χ1) is 8.77. The van der Waals surface area contributed by atoms with Crippen molar-refractivity contribution in [2.45, 2.75) is 12.5 Å². The van der Waals surface area contributed by atoms with Gasteiger partial charge in [0.1, 0.15) is 12.2 Å². The molecule has 0 fully saturated rings. The van der Waals surface area contributed by atoms with Gasteiger partial charge in [-0.1, -0.05) is 30.3 Å². The highest BCUT2D eigenvalue weighted by Crippen LogP contribution is 2.10. The van der Waals surface area contributed by atoms with Crippen molar-refractivity contribution in [1.29, 1.82) is 0 Å². The van der Waals surface area contributed by atoms with Crippen molar-refractivity contribution in [3.8, 4) is 0 Å². The monoisotopic (exact) mass is 246 g/mol. The molecule has 0 saturated heterocycles. The van der Waals surface area contributed by atoms with Crippen LogP contribution in [0.5, 0.6) is 0 Å². The molecule has 0 bridgehead atoms. The Labute approximate surface area is 106 Å². The van der Waals surface area contributed by atoms with Crippen LogP contribution in [0, 0.1) is 0 Å². The zero-order valence-corrected chi connectivity index (χ0v) is 10.5. The molecule has 96 valence electrons. The fraction of sp³-hybridized carbons (Fsp3) is 0.385. The standard InChI is InChI=1S/C13H18N4O/c1-17-10-15-16-13(17)7-8-14-9-12(18)11-5-3-2-4-6-11/h2-6,10,12,14,18H,7-9H2,1H3. The molecule has 0 aliphatic heterocycles. The van der Waals surface area contributed by atoms with Crippen molar-refractivity contribution in [3.63, 3.8) is 0 Å². The molecule has 1 aromatic heterocycles. The number of aliphatic hydroxyl groups excluding tert-OH is 1. The van der Waals surface area contributed by atoms with Gasteiger partial charge in [-0.05, 0) is 5.56 Å². The van der Waals surface area contributed by atoms with E-state index in [1.807, 2.05) is 41.9 Å². The van der Waals surface area contributed by atoms with Crippen molar-refractivity contribution in [3.05, 3.63) is 48.0 Å². The highest BCUT2D eigenvalue weighted by molar-refractivity contribution is 5.17. The van der Waals surface area contributed by atoms with Gasteiger partial charge in [-0.15, -0.1) is 10.2 Å². The Hall–Kier alpha value is -1.72. The quantitative estimate of drug-likeness (QED) is 0.736. The van der Waals surface area contributed by atoms with Crippen molar-refractivity contribution in [1.82, 2.24) is 20.1 Å². The van der Waals surface area contributed by atoms with Gasteiger partial charge in [-0.3, -0.25) is 0 Å². The molecule has 1 heterocycles. The molecule has 0 aliphatic carbocycles. The van der Waals surface area contributed by atoms with E-state index in [2.05, 4.69) is 15.5 Å². The van der Waals surface area contributed by atoms with E-state index in [0.717, 1.165) is 24.4 Å². The summed E-state index contributed by atoms with van der Waals surface area (Å²) >= 11 is 0. The Bertz CT molecular complexity index is 469. The molecule has 2 aromatic rings. The average Bonchev–Trinajstić information content (AvgIpc) is 2.81. The zero-order valence-electron chi connectivity index (χ0n) is 10.5. The number of hydrogen-bond donors (Lipinski definition) is 2. The van der Waals surface area contributed by atoms with Gasteiger partial charge < -0.3 is 15.0 Å². The minimum atomic E-state index is -0.467. The van der Waals surface area contributed by atoms with E-state index in [-0.39, 0.29) is 0 Å². The normalized spacial score (nSPS) is 12.6. The average molecular weight is 246 g/mol. The minimum Gasteiger partial charge on any atom is -0.387 e. The number of aryl methyl sites for hydroxylation is 1. The van der Waals surface area contributed by atoms with Gasteiger partial charge in [-0.25, -0.2) is 0 Å². The van der Waals surface area contributed by atoms with Crippen LogP contribution in [-0.2, 0) is 13.5 Å². The highest BCUT2D eigenvalue weighted by atomic mass is 16.3. The van der Waals surface area contributed by atoms with Gasteiger partial charge in [-0.2, -0.15) is 0 Å². The number of benzene rings is 1. The first-order valence-corrected chi connectivity index (χ1v) is 6.04. The summed E-state index contributed by atoms with van der Waals surface area (Å²) in [6.07, 6.45) is 2.03. The number of aromatic nitrogens is 3. The van der Waals surface area contributed by atoms with Crippen LogP contribution in [0.4, 0.5) is 0 Å². The third kappa shape index (κ3) is 3.38. The van der Waals surface area contributed by atoms with E-state index in [0.29, 0.717) is 6.54 Å². The Balaban J connectivity index is 1.71. The lowest BCUT2D eigenvalue weighted by Gasteiger charge is -2.11. The van der Waals surface area contributed by atoms with Gasteiger partial charge in [0.25, 0.3) is 0 Å². The van der Waals surface area contributed by atoms with Gasteiger partial charge in [0.05, 0.1) is 6.10 Å². The second-order valence-corrected chi connectivity index (χ2v) is 4.24. The Morgan fingerprint density at radius 2 is 2.11 bits per heavy atom. The third-order valence-corrected chi connectivity index (χ3v) is 2.85. The number of hydrogen-bond acceptors (Lipinski definition) is 4. The molecular weight excluding hydrogens is 228 g/mol. The van der Waals surface area contributed by atoms with Gasteiger partial charge in [0, 0.05) is 26.6 Å². The lowest BCUT2D eigenvalue weighted by molar-refractivity contribution is 0.175. The molecule has 5 heteroatoms. The van der Waals surface area contributed by atoms with Crippen LogP contribution in [0.15, 0.2) is 36.7 Å². The second kappa shape index (κ2) is 6.28. The third-order valence-electron chi connectivity index (χ3n) is 2.85. The van der Waals surface area contributed by atoms with Crippen LogP contribution in [0.1, 0.15) is 17.5 Å². The van der Waals surface area contributed by atoms with Crippen molar-refractivity contribution < 1.29 is 5.11 Å². The molecule has 18 heavy (non-hydrogen) atoms. The molecule has 1 atom stereocenters. The molecule has 0 amide bonds. The summed E-state index contributed by atoms with van der Waals surface area (Å²) < 4.78 is 1.90. The summed E-state index contributed by atoms with van der Waals surface area (Å²) in [7, 11) is 1.92. The van der Waals surface area contributed by atoms with E-state index in [1.165, 1.54) is 0 Å². The fourth-order valence-electron chi connectivity index (χ4n) is 1.77. The van der Waals surface area contributed by atoms with Crippen LogP contribution in [0.3, 0.4) is 0 Å². The molecule has 0 aliphatic rings. The molecule has 2 rings (SSSR count). The van der Waals surface area contributed by atoms with Gasteiger partial charge in [0.2, 0.25) is 0 Å². The molecule has 2 N–H and O–H groups in total. The smallest absolute Gasteiger partial charge is 0.133 e. The maximum absolute atomic E-state index is 9.94. The number of nitrogens with zero attached hydrogens (tertiary/aromatic N) is 3. The summed E-state index contributed by atoms with van der Waals surface area (Å²) in [5, 5.41) is 21.0. The van der Waals surface area contributed by atoms with E-state index in [9.17, 15) is 5.11 Å². The predicted octanol–water partition coefficient (Wildman–Crippen LogP) is 0.681. The molecular formula is C13H18N4O. The number of nitrogens with one attached hydrogen (secondary N) is 1. The fourth-order valence-corrected chi connectivity index (χ4v) is 1.77. The zero-order chi connectivity index (χ0) is 12.8. The number of aliphatic hydroxyl groups is 1. The topological polar surface area (TPSA) is 63.0 Å². The van der Waals surface area contributed by atoms with Crippen molar-refractivity contribution in [2.24, 2.45) is 7.05 Å². The summed E-state index contributed by atoms with van der Waals surface area (Å²) in [6.45, 7) is 1.32. The summed E-state index contributed by atoms with van der Waals surface area (Å²) in [6, 6.07) is 9.65. The predicted molar refractivity (Wildman–Crippen MR) is 69.0 cm³/mol. The SMILES string of the molecule is Cn1cnnc1CCNCC(O)c1ccccc1. The number of rotatable bonds is 6. The summed E-state index contributed by atoms with van der Waals surface area (Å²) in [5.41, 5.74) is 0.934. The molecule has 1 unspecified atom stereocenters. The van der Waals surface area contributed by atoms with Crippen molar-refractivity contribution in [2.75, 3.05) is 13.1 Å². The van der Waals surface area contributed by atoms with E-state index >= 15 is 0 Å². The second-order valence-electron chi connectivity index (χ2n) is 4.24. The summed E-state index contributed by atoms with van der Waals surface area (Å²) in [4.78, 5) is 0. The molecule has 1 aromatic carbocycles. The Morgan fingerprint density at radius 3 is 2.78 bits per heavy atom. The maximum Gasteiger partial charge on any atom is 0.133 e. The van der Waals surface area contributed by atoms with Crippen LogP contribution >= 0.6 is 0 Å². The molecule has 0 saturated carbocycles. The molecule has 0 radical (unpaired) electrons. The van der Waals surface area contributed by atoms with Gasteiger partial charge in [0.15, 0.2) is 0 Å². The van der Waals surface area contributed by atoms with E-state index in [1.54, 1.807) is 6.33 Å².